The Bertz CT molecular complexity index is 964. The molecule has 2 aromatic carbocycles. The predicted molar refractivity (Wildman–Crippen MR) is 107 cm³/mol. The molecule has 0 saturated heterocycles. The second-order valence-corrected chi connectivity index (χ2v) is 6.61. The number of para-hydroxylation sites is 2. The molecule has 4 amide bonds. The van der Waals surface area contributed by atoms with Crippen LogP contribution in [0.3, 0.4) is 0 Å². The molecular weight excluding hydrogens is 417 g/mol. The number of alkyl halides is 3. The van der Waals surface area contributed by atoms with Crippen molar-refractivity contribution in [3.63, 3.8) is 0 Å². The van der Waals surface area contributed by atoms with E-state index in [0.29, 0.717) is 23.5 Å². The first-order valence-corrected chi connectivity index (χ1v) is 9.31. The van der Waals surface area contributed by atoms with Gasteiger partial charge in [-0.05, 0) is 42.8 Å². The first kappa shape index (κ1) is 21.9. The van der Waals surface area contributed by atoms with Crippen LogP contribution in [-0.4, -0.2) is 37.3 Å². The van der Waals surface area contributed by atoms with Crippen molar-refractivity contribution in [3.05, 3.63) is 48.5 Å². The van der Waals surface area contributed by atoms with Gasteiger partial charge in [-0.15, -0.1) is 13.2 Å². The lowest BCUT2D eigenvalue weighted by molar-refractivity contribution is -0.274. The van der Waals surface area contributed by atoms with E-state index < -0.39 is 12.4 Å². The molecule has 3 rings (SSSR count). The molecule has 0 saturated carbocycles. The standard InChI is InChI=1S/C20H19F3N4O4/c21-20(22,23)31-14-9-7-13(8-10-14)25-17(28)6-3-11-24-19(30)27-12-18(29)26-15-4-1-2-5-16(15)27/h1-2,4-5,7-10H,3,6,11-12H2,(H,24,30)(H,25,28)(H,26,29). The lowest BCUT2D eigenvalue weighted by Gasteiger charge is -2.29. The molecule has 31 heavy (non-hydrogen) atoms. The number of amides is 4. The highest BCUT2D eigenvalue weighted by Gasteiger charge is 2.31. The van der Waals surface area contributed by atoms with Crippen molar-refractivity contribution in [3.8, 4) is 5.75 Å². The number of ether oxygens (including phenoxy) is 1. The van der Waals surface area contributed by atoms with Crippen LogP contribution in [0.5, 0.6) is 5.75 Å². The topological polar surface area (TPSA) is 99.8 Å². The Hall–Kier alpha value is -3.76. The molecule has 0 unspecified atom stereocenters. The molecule has 3 N–H and O–H groups in total. The molecule has 0 aromatic heterocycles. The summed E-state index contributed by atoms with van der Waals surface area (Å²) in [6.45, 7) is 0.0856. The number of halogens is 3. The van der Waals surface area contributed by atoms with E-state index in [-0.39, 0.29) is 37.1 Å². The maximum atomic E-state index is 12.4. The monoisotopic (exact) mass is 436 g/mol. The van der Waals surface area contributed by atoms with Crippen molar-refractivity contribution in [2.75, 3.05) is 28.6 Å². The summed E-state index contributed by atoms with van der Waals surface area (Å²) in [6.07, 6.45) is -4.37. The first-order chi connectivity index (χ1) is 14.7. The van der Waals surface area contributed by atoms with Gasteiger partial charge in [-0.2, -0.15) is 0 Å². The number of urea groups is 1. The molecule has 164 valence electrons. The van der Waals surface area contributed by atoms with Crippen LogP contribution in [0.25, 0.3) is 0 Å². The van der Waals surface area contributed by atoms with Crippen molar-refractivity contribution < 1.29 is 32.3 Å². The van der Waals surface area contributed by atoms with Crippen molar-refractivity contribution in [2.24, 2.45) is 0 Å². The number of hydrogen-bond donors (Lipinski definition) is 3. The minimum absolute atomic E-state index is 0.0815. The van der Waals surface area contributed by atoms with Gasteiger partial charge in [0.15, 0.2) is 0 Å². The molecule has 1 heterocycles. The number of benzene rings is 2. The normalized spacial score (nSPS) is 13.1. The minimum atomic E-state index is -4.78. The number of nitrogens with one attached hydrogen (secondary N) is 3. The molecule has 0 atom stereocenters. The predicted octanol–water partition coefficient (Wildman–Crippen LogP) is 3.47. The van der Waals surface area contributed by atoms with Crippen LogP contribution in [0.1, 0.15) is 12.8 Å². The summed E-state index contributed by atoms with van der Waals surface area (Å²) in [5.74, 6) is -1.05. The maximum Gasteiger partial charge on any atom is 0.573 e. The van der Waals surface area contributed by atoms with Gasteiger partial charge in [0.25, 0.3) is 0 Å². The van der Waals surface area contributed by atoms with Crippen molar-refractivity contribution in [2.45, 2.75) is 19.2 Å². The van der Waals surface area contributed by atoms with E-state index in [4.69, 9.17) is 0 Å². The highest BCUT2D eigenvalue weighted by Crippen LogP contribution is 2.28. The quantitative estimate of drug-likeness (QED) is 0.604. The molecule has 11 heteroatoms. The molecule has 2 aromatic rings. The molecule has 0 radical (unpaired) electrons. The van der Waals surface area contributed by atoms with Crippen LogP contribution < -0.4 is 25.6 Å². The number of hydrogen-bond acceptors (Lipinski definition) is 4. The van der Waals surface area contributed by atoms with Crippen LogP contribution in [0, 0.1) is 0 Å². The highest BCUT2D eigenvalue weighted by molar-refractivity contribution is 6.09. The Labute approximate surface area is 175 Å². The van der Waals surface area contributed by atoms with Crippen LogP contribution >= 0.6 is 0 Å². The summed E-state index contributed by atoms with van der Waals surface area (Å²) in [4.78, 5) is 37.5. The lowest BCUT2D eigenvalue weighted by atomic mass is 10.2. The lowest BCUT2D eigenvalue weighted by Crippen LogP contribution is -2.47. The van der Waals surface area contributed by atoms with Gasteiger partial charge in [0.05, 0.1) is 11.4 Å². The number of nitrogens with zero attached hydrogens (tertiary/aromatic N) is 1. The number of carbonyl (C=O) groups excluding carboxylic acids is 3. The Morgan fingerprint density at radius 1 is 1.10 bits per heavy atom. The fourth-order valence-electron chi connectivity index (χ4n) is 2.92. The molecule has 1 aliphatic heterocycles. The summed E-state index contributed by atoms with van der Waals surface area (Å²) >= 11 is 0. The SMILES string of the molecule is O=C(CCCNC(=O)N1CC(=O)Nc2ccccc21)Nc1ccc(OC(F)(F)F)cc1. The highest BCUT2D eigenvalue weighted by atomic mass is 19.4. The maximum absolute atomic E-state index is 12.4. The van der Waals surface area contributed by atoms with Crippen molar-refractivity contribution in [1.29, 1.82) is 0 Å². The van der Waals surface area contributed by atoms with Crippen LogP contribution in [-0.2, 0) is 9.59 Å². The summed E-state index contributed by atoms with van der Waals surface area (Å²) in [5.41, 5.74) is 1.44. The number of carbonyl (C=O) groups is 3. The fraction of sp³-hybridized carbons (Fsp3) is 0.250. The van der Waals surface area contributed by atoms with Gasteiger partial charge in [-0.1, -0.05) is 12.1 Å². The van der Waals surface area contributed by atoms with Gasteiger partial charge in [0, 0.05) is 18.7 Å². The smallest absolute Gasteiger partial charge is 0.406 e. The Balaban J connectivity index is 1.42. The summed E-state index contributed by atoms with van der Waals surface area (Å²) in [6, 6.07) is 11.2. The molecule has 8 nitrogen and oxygen atoms in total. The molecular formula is C20H19F3N4O4. The molecule has 1 aliphatic rings. The zero-order valence-corrected chi connectivity index (χ0v) is 16.2. The second-order valence-electron chi connectivity index (χ2n) is 6.61. The first-order valence-electron chi connectivity index (χ1n) is 9.31. The average molecular weight is 436 g/mol. The van der Waals surface area contributed by atoms with Gasteiger partial charge in [-0.3, -0.25) is 14.5 Å². The van der Waals surface area contributed by atoms with E-state index in [9.17, 15) is 27.6 Å². The Kier molecular flexibility index (Phi) is 6.63. The number of fused-ring (bicyclic) bond motifs is 1. The minimum Gasteiger partial charge on any atom is -0.406 e. The Morgan fingerprint density at radius 2 is 1.81 bits per heavy atom. The third-order valence-electron chi connectivity index (χ3n) is 4.24. The molecule has 0 aliphatic carbocycles. The summed E-state index contributed by atoms with van der Waals surface area (Å²) in [5, 5.41) is 7.90. The number of anilines is 3. The third kappa shape index (κ3) is 6.36. The van der Waals surface area contributed by atoms with E-state index in [2.05, 4.69) is 20.7 Å². The van der Waals surface area contributed by atoms with E-state index >= 15 is 0 Å². The van der Waals surface area contributed by atoms with Gasteiger partial charge >= 0.3 is 12.4 Å². The molecule has 0 fully saturated rings. The van der Waals surface area contributed by atoms with Gasteiger partial charge in [-0.25, -0.2) is 4.79 Å². The Morgan fingerprint density at radius 3 is 2.52 bits per heavy atom. The van der Waals surface area contributed by atoms with Gasteiger partial charge < -0.3 is 20.7 Å². The summed E-state index contributed by atoms with van der Waals surface area (Å²) in [7, 11) is 0. The van der Waals surface area contributed by atoms with Crippen molar-refractivity contribution in [1.82, 2.24) is 5.32 Å². The molecule has 0 spiro atoms. The zero-order chi connectivity index (χ0) is 22.4. The van der Waals surface area contributed by atoms with Crippen LogP contribution in [0.15, 0.2) is 48.5 Å². The van der Waals surface area contributed by atoms with Gasteiger partial charge in [0.2, 0.25) is 11.8 Å². The third-order valence-corrected chi connectivity index (χ3v) is 4.24. The van der Waals surface area contributed by atoms with Crippen molar-refractivity contribution >= 4 is 34.9 Å². The van der Waals surface area contributed by atoms with E-state index in [1.54, 1.807) is 24.3 Å². The van der Waals surface area contributed by atoms with Crippen LogP contribution in [0.2, 0.25) is 0 Å². The second kappa shape index (κ2) is 9.37. The summed E-state index contributed by atoms with van der Waals surface area (Å²) < 4.78 is 40.2. The van der Waals surface area contributed by atoms with E-state index in [1.165, 1.54) is 17.0 Å². The number of rotatable bonds is 6. The van der Waals surface area contributed by atoms with E-state index in [1.807, 2.05) is 0 Å². The average Bonchev–Trinajstić information content (AvgIpc) is 2.70. The van der Waals surface area contributed by atoms with E-state index in [0.717, 1.165) is 12.1 Å². The zero-order valence-electron chi connectivity index (χ0n) is 16.2. The largest absolute Gasteiger partial charge is 0.573 e. The van der Waals surface area contributed by atoms with Gasteiger partial charge in [0.1, 0.15) is 12.3 Å². The molecule has 0 bridgehead atoms. The fourth-order valence-corrected chi connectivity index (χ4v) is 2.92. The van der Waals surface area contributed by atoms with Crippen LogP contribution in [0.4, 0.5) is 35.0 Å².